The van der Waals surface area contributed by atoms with E-state index in [-0.39, 0.29) is 17.3 Å². The van der Waals surface area contributed by atoms with E-state index < -0.39 is 11.7 Å². The van der Waals surface area contributed by atoms with Crippen LogP contribution in [0.5, 0.6) is 23.0 Å². The van der Waals surface area contributed by atoms with Crippen molar-refractivity contribution < 1.29 is 29.2 Å². The van der Waals surface area contributed by atoms with Gasteiger partial charge in [-0.15, -0.1) is 0 Å². The van der Waals surface area contributed by atoms with Crippen molar-refractivity contribution in [3.8, 4) is 23.0 Å². The number of methoxy groups -OCH3 is 1. The molecule has 0 saturated carbocycles. The lowest BCUT2D eigenvalue weighted by Gasteiger charge is -2.24. The molecule has 0 fully saturated rings. The van der Waals surface area contributed by atoms with E-state index >= 15 is 0 Å². The smallest absolute Gasteiger partial charge is 0.235 e. The highest BCUT2D eigenvalue weighted by Gasteiger charge is 2.42. The first-order valence-electron chi connectivity index (χ1n) is 8.64. The van der Waals surface area contributed by atoms with Crippen LogP contribution in [0.15, 0.2) is 36.1 Å². The van der Waals surface area contributed by atoms with Gasteiger partial charge in [-0.25, -0.2) is 0 Å². The van der Waals surface area contributed by atoms with E-state index in [1.165, 1.54) is 19.2 Å². The molecule has 4 rings (SSSR count). The average Bonchev–Trinajstić information content (AvgIpc) is 3.18. The molecule has 2 aromatic carbocycles. The molecule has 0 aromatic heterocycles. The summed E-state index contributed by atoms with van der Waals surface area (Å²) in [5.41, 5.74) is 0.830. The second-order valence-corrected chi connectivity index (χ2v) is 7.27. The fraction of sp³-hybridized carbons (Fsp3) is 0.286. The third kappa shape index (κ3) is 2.92. The number of aromatic hydroxyl groups is 1. The van der Waals surface area contributed by atoms with Crippen molar-refractivity contribution in [3.63, 3.8) is 0 Å². The molecule has 0 saturated heterocycles. The van der Waals surface area contributed by atoms with Gasteiger partial charge < -0.3 is 24.4 Å². The zero-order chi connectivity index (χ0) is 19.3. The topological polar surface area (TPSA) is 85.2 Å². The first-order valence-corrected chi connectivity index (χ1v) is 8.64. The Morgan fingerprint density at radius 3 is 2.56 bits per heavy atom. The van der Waals surface area contributed by atoms with Gasteiger partial charge >= 0.3 is 0 Å². The molecule has 0 bridgehead atoms. The summed E-state index contributed by atoms with van der Waals surface area (Å²) in [6.07, 6.45) is 1.67. The van der Waals surface area contributed by atoms with Crippen LogP contribution in [0.4, 0.5) is 0 Å². The second-order valence-electron chi connectivity index (χ2n) is 7.27. The molecule has 2 aromatic rings. The van der Waals surface area contributed by atoms with Crippen LogP contribution in [0.2, 0.25) is 0 Å². The van der Waals surface area contributed by atoms with E-state index in [1.807, 2.05) is 0 Å². The van der Waals surface area contributed by atoms with Crippen LogP contribution < -0.4 is 14.2 Å². The summed E-state index contributed by atoms with van der Waals surface area (Å²) < 4.78 is 17.2. The summed E-state index contributed by atoms with van der Waals surface area (Å²) in [6.45, 7) is 3.37. The molecule has 2 aliphatic heterocycles. The zero-order valence-electron chi connectivity index (χ0n) is 15.3. The molecule has 0 amide bonds. The number of allylic oxidation sites excluding steroid dienone is 1. The number of rotatable bonds is 3. The number of hydrogen-bond donors (Lipinski definition) is 2. The number of carbonyl (C=O) groups excluding carboxylic acids is 1. The Kier molecular flexibility index (Phi) is 3.89. The molecular weight excluding hydrogens is 348 g/mol. The third-order valence-corrected chi connectivity index (χ3v) is 4.80. The van der Waals surface area contributed by atoms with Crippen LogP contribution in [-0.4, -0.2) is 34.8 Å². The average molecular weight is 368 g/mol. The Morgan fingerprint density at radius 2 is 1.93 bits per heavy atom. The van der Waals surface area contributed by atoms with Crippen molar-refractivity contribution in [2.45, 2.75) is 32.0 Å². The van der Waals surface area contributed by atoms with E-state index in [2.05, 4.69) is 0 Å². The first kappa shape index (κ1) is 17.4. The standard InChI is InChI=1S/C21H20O6/c1-21(2,24)16-10-12-9-14(25-3)17-18(23)15(26-20(17)19(12)27-16)8-11-4-6-13(22)7-5-11/h4-9,16,22,24H,10H2,1-3H3/b15-8+. The summed E-state index contributed by atoms with van der Waals surface area (Å²) in [4.78, 5) is 12.9. The van der Waals surface area contributed by atoms with Crippen molar-refractivity contribution >= 4 is 11.9 Å². The molecule has 6 heteroatoms. The van der Waals surface area contributed by atoms with Gasteiger partial charge in [0, 0.05) is 12.0 Å². The molecule has 2 heterocycles. The minimum absolute atomic E-state index is 0.143. The Balaban J connectivity index is 1.76. The summed E-state index contributed by atoms with van der Waals surface area (Å²) in [7, 11) is 1.50. The molecule has 6 nitrogen and oxygen atoms in total. The Morgan fingerprint density at radius 1 is 1.22 bits per heavy atom. The third-order valence-electron chi connectivity index (χ3n) is 4.80. The maximum Gasteiger partial charge on any atom is 0.235 e. The summed E-state index contributed by atoms with van der Waals surface area (Å²) in [5.74, 6) is 1.21. The number of fused-ring (bicyclic) bond motifs is 3. The minimum Gasteiger partial charge on any atom is -0.508 e. The van der Waals surface area contributed by atoms with Gasteiger partial charge in [-0.1, -0.05) is 12.1 Å². The number of hydrogen-bond acceptors (Lipinski definition) is 6. The van der Waals surface area contributed by atoms with Gasteiger partial charge in [0.1, 0.15) is 23.2 Å². The molecule has 2 aliphatic rings. The number of ether oxygens (including phenoxy) is 3. The van der Waals surface area contributed by atoms with Gasteiger partial charge in [-0.3, -0.25) is 4.79 Å². The van der Waals surface area contributed by atoms with Gasteiger partial charge in [-0.2, -0.15) is 0 Å². The van der Waals surface area contributed by atoms with Gasteiger partial charge in [0.15, 0.2) is 17.3 Å². The predicted molar refractivity (Wildman–Crippen MR) is 98.5 cm³/mol. The quantitative estimate of drug-likeness (QED) is 0.810. The SMILES string of the molecule is COc1cc2c(c3c1C(=O)/C(=C\c1ccc(O)cc1)O3)OC(C(C)(C)O)C2. The van der Waals surface area contributed by atoms with Crippen LogP contribution in [-0.2, 0) is 6.42 Å². The van der Waals surface area contributed by atoms with Gasteiger partial charge in [0.05, 0.1) is 12.7 Å². The highest BCUT2D eigenvalue weighted by Crippen LogP contribution is 2.50. The monoisotopic (exact) mass is 368 g/mol. The van der Waals surface area contributed by atoms with E-state index in [9.17, 15) is 15.0 Å². The lowest BCUT2D eigenvalue weighted by Crippen LogP contribution is -2.39. The fourth-order valence-corrected chi connectivity index (χ4v) is 3.30. The number of aliphatic hydroxyl groups is 1. The van der Waals surface area contributed by atoms with Crippen LogP contribution >= 0.6 is 0 Å². The molecule has 0 spiro atoms. The number of carbonyl (C=O) groups is 1. The second kappa shape index (κ2) is 6.03. The van der Waals surface area contributed by atoms with E-state index in [0.29, 0.717) is 29.2 Å². The highest BCUT2D eigenvalue weighted by molar-refractivity contribution is 6.17. The molecule has 0 radical (unpaired) electrons. The van der Waals surface area contributed by atoms with Gasteiger partial charge in [0.25, 0.3) is 0 Å². The number of phenols is 1. The van der Waals surface area contributed by atoms with Crippen molar-refractivity contribution in [3.05, 3.63) is 52.8 Å². The lowest BCUT2D eigenvalue weighted by atomic mass is 9.96. The van der Waals surface area contributed by atoms with E-state index in [4.69, 9.17) is 14.2 Å². The van der Waals surface area contributed by atoms with E-state index in [0.717, 1.165) is 11.1 Å². The normalized spacial score (nSPS) is 19.5. The van der Waals surface area contributed by atoms with Crippen LogP contribution in [0.25, 0.3) is 6.08 Å². The van der Waals surface area contributed by atoms with Crippen molar-refractivity contribution in [2.24, 2.45) is 0 Å². The summed E-state index contributed by atoms with van der Waals surface area (Å²) >= 11 is 0. The number of benzene rings is 2. The molecule has 1 atom stereocenters. The fourth-order valence-electron chi connectivity index (χ4n) is 3.30. The number of phenolic OH excluding ortho intramolecular Hbond substituents is 1. The molecule has 27 heavy (non-hydrogen) atoms. The Hall–Kier alpha value is -2.99. The molecular formula is C21H20O6. The Labute approximate surface area is 156 Å². The van der Waals surface area contributed by atoms with Crippen LogP contribution in [0, 0.1) is 0 Å². The largest absolute Gasteiger partial charge is 0.508 e. The number of ketones is 1. The molecule has 140 valence electrons. The summed E-state index contributed by atoms with van der Waals surface area (Å²) in [6, 6.07) is 8.21. The van der Waals surface area contributed by atoms with Crippen LogP contribution in [0.3, 0.4) is 0 Å². The molecule has 2 N–H and O–H groups in total. The molecule has 1 unspecified atom stereocenters. The molecule has 0 aliphatic carbocycles. The predicted octanol–water partition coefficient (Wildman–Crippen LogP) is 3.09. The van der Waals surface area contributed by atoms with Gasteiger partial charge in [0.2, 0.25) is 5.78 Å². The van der Waals surface area contributed by atoms with Crippen molar-refractivity contribution in [1.29, 1.82) is 0 Å². The lowest BCUT2D eigenvalue weighted by molar-refractivity contribution is -0.0234. The maximum atomic E-state index is 12.9. The first-order chi connectivity index (χ1) is 12.8. The zero-order valence-corrected chi connectivity index (χ0v) is 15.3. The van der Waals surface area contributed by atoms with E-state index in [1.54, 1.807) is 38.1 Å². The minimum atomic E-state index is -1.04. The maximum absolute atomic E-state index is 12.9. The van der Waals surface area contributed by atoms with Crippen LogP contribution in [0.1, 0.15) is 35.3 Å². The summed E-state index contributed by atoms with van der Waals surface area (Å²) in [5, 5.41) is 19.7. The van der Waals surface area contributed by atoms with Crippen molar-refractivity contribution in [1.82, 2.24) is 0 Å². The Bertz CT molecular complexity index is 950. The van der Waals surface area contributed by atoms with Gasteiger partial charge in [-0.05, 0) is 43.7 Å². The highest BCUT2D eigenvalue weighted by atomic mass is 16.5. The number of Topliss-reactive ketones (excluding diaryl/α,β-unsaturated/α-hetero) is 1. The van der Waals surface area contributed by atoms with Crippen molar-refractivity contribution in [2.75, 3.05) is 7.11 Å².